The molecule has 1 aromatic carbocycles. The van der Waals surface area contributed by atoms with Crippen LogP contribution in [0.4, 0.5) is 0 Å². The maximum atomic E-state index is 13.5. The Labute approximate surface area is 182 Å². The van der Waals surface area contributed by atoms with E-state index in [0.717, 1.165) is 61.4 Å². The maximum Gasteiger partial charge on any atom is 0.208 e. The molecule has 6 heteroatoms. The zero-order valence-corrected chi connectivity index (χ0v) is 17.8. The van der Waals surface area contributed by atoms with Crippen LogP contribution in [-0.2, 0) is 16.0 Å². The Kier molecular flexibility index (Phi) is 5.42. The third kappa shape index (κ3) is 3.82. The molecule has 0 saturated carbocycles. The Morgan fingerprint density at radius 2 is 1.71 bits per heavy atom. The van der Waals surface area contributed by atoms with Crippen LogP contribution in [0.1, 0.15) is 40.4 Å². The van der Waals surface area contributed by atoms with Crippen molar-refractivity contribution in [3.8, 4) is 0 Å². The standard InChI is InChI=1S/C25H27N3O3/c1-2-27-11-13-28(14-12-27)16-22-24(30)23(17-7-9-26-10-8-17)25(31-22)19-3-5-20-18(15-19)4-6-21(20)29/h3,5,7-10,15,22H,2,4,6,11-14,16H2,1H3. The third-order valence-corrected chi connectivity index (χ3v) is 6.62. The van der Waals surface area contributed by atoms with Crippen molar-refractivity contribution in [3.05, 3.63) is 65.0 Å². The summed E-state index contributed by atoms with van der Waals surface area (Å²) in [4.78, 5) is 34.4. The zero-order valence-electron chi connectivity index (χ0n) is 17.8. The number of ketones is 2. The minimum Gasteiger partial charge on any atom is -0.479 e. The van der Waals surface area contributed by atoms with Crippen LogP contribution in [0.2, 0.25) is 0 Å². The molecular weight excluding hydrogens is 390 g/mol. The number of Topliss-reactive ketones (excluding diaryl/α,β-unsaturated/α-hetero) is 2. The molecule has 0 spiro atoms. The number of nitrogens with zero attached hydrogens (tertiary/aromatic N) is 3. The van der Waals surface area contributed by atoms with E-state index < -0.39 is 6.10 Å². The molecule has 0 bridgehead atoms. The number of fused-ring (bicyclic) bond motifs is 1. The Morgan fingerprint density at radius 3 is 2.45 bits per heavy atom. The van der Waals surface area contributed by atoms with Gasteiger partial charge in [0.25, 0.3) is 0 Å². The molecule has 3 heterocycles. The molecule has 0 N–H and O–H groups in total. The Hall–Kier alpha value is -2.83. The Bertz CT molecular complexity index is 1040. The van der Waals surface area contributed by atoms with Crippen LogP contribution >= 0.6 is 0 Å². The molecule has 0 radical (unpaired) electrons. The van der Waals surface area contributed by atoms with Gasteiger partial charge in [0.1, 0.15) is 5.76 Å². The van der Waals surface area contributed by atoms with Gasteiger partial charge in [0.05, 0.1) is 5.57 Å². The van der Waals surface area contributed by atoms with Crippen molar-refractivity contribution in [2.75, 3.05) is 39.3 Å². The van der Waals surface area contributed by atoms with Crippen LogP contribution in [0.25, 0.3) is 11.3 Å². The van der Waals surface area contributed by atoms with E-state index in [4.69, 9.17) is 4.74 Å². The number of likely N-dealkylation sites (N-methyl/N-ethyl adjacent to an activating group) is 1. The highest BCUT2D eigenvalue weighted by Gasteiger charge is 2.38. The fourth-order valence-corrected chi connectivity index (χ4v) is 4.77. The van der Waals surface area contributed by atoms with Gasteiger partial charge in [-0.2, -0.15) is 0 Å². The summed E-state index contributed by atoms with van der Waals surface area (Å²) in [6.45, 7) is 7.77. The molecule has 1 aliphatic carbocycles. The van der Waals surface area contributed by atoms with Crippen molar-refractivity contribution in [2.24, 2.45) is 0 Å². The van der Waals surface area contributed by atoms with Crippen molar-refractivity contribution >= 4 is 22.9 Å². The van der Waals surface area contributed by atoms with Gasteiger partial charge in [-0.15, -0.1) is 0 Å². The van der Waals surface area contributed by atoms with Gasteiger partial charge < -0.3 is 9.64 Å². The van der Waals surface area contributed by atoms with Crippen LogP contribution in [0.3, 0.4) is 0 Å². The molecule has 31 heavy (non-hydrogen) atoms. The van der Waals surface area contributed by atoms with Gasteiger partial charge in [0.2, 0.25) is 5.78 Å². The summed E-state index contributed by atoms with van der Waals surface area (Å²) in [5.41, 5.74) is 4.14. The van der Waals surface area contributed by atoms with E-state index in [0.29, 0.717) is 24.3 Å². The number of aromatic nitrogens is 1. The quantitative estimate of drug-likeness (QED) is 0.746. The zero-order chi connectivity index (χ0) is 21.4. The predicted octanol–water partition coefficient (Wildman–Crippen LogP) is 2.68. The fourth-order valence-electron chi connectivity index (χ4n) is 4.77. The highest BCUT2D eigenvalue weighted by Crippen LogP contribution is 2.38. The van der Waals surface area contributed by atoms with E-state index in [1.54, 1.807) is 12.4 Å². The normalized spacial score (nSPS) is 22.2. The lowest BCUT2D eigenvalue weighted by atomic mass is 9.96. The molecule has 2 aliphatic heterocycles. The smallest absolute Gasteiger partial charge is 0.208 e. The average Bonchev–Trinajstić information content (AvgIpc) is 3.34. The maximum absolute atomic E-state index is 13.5. The predicted molar refractivity (Wildman–Crippen MR) is 119 cm³/mol. The van der Waals surface area contributed by atoms with Crippen molar-refractivity contribution in [1.29, 1.82) is 0 Å². The number of pyridine rings is 1. The third-order valence-electron chi connectivity index (χ3n) is 6.62. The van der Waals surface area contributed by atoms with E-state index in [1.165, 1.54) is 0 Å². The number of ether oxygens (including phenoxy) is 1. The highest BCUT2D eigenvalue weighted by molar-refractivity contribution is 6.31. The molecule has 6 nitrogen and oxygen atoms in total. The molecule has 160 valence electrons. The first-order chi connectivity index (χ1) is 15.1. The molecule has 0 amide bonds. The second kappa shape index (κ2) is 8.36. The second-order valence-electron chi connectivity index (χ2n) is 8.44. The van der Waals surface area contributed by atoms with E-state index in [1.807, 2.05) is 30.3 Å². The average molecular weight is 418 g/mol. The lowest BCUT2D eigenvalue weighted by Crippen LogP contribution is -2.49. The first kappa shape index (κ1) is 20.1. The van der Waals surface area contributed by atoms with Crippen molar-refractivity contribution < 1.29 is 14.3 Å². The Morgan fingerprint density at radius 1 is 0.968 bits per heavy atom. The number of benzene rings is 1. The minimum absolute atomic E-state index is 0.0238. The highest BCUT2D eigenvalue weighted by atomic mass is 16.5. The van der Waals surface area contributed by atoms with E-state index in [-0.39, 0.29) is 11.6 Å². The van der Waals surface area contributed by atoms with Gasteiger partial charge in [-0.1, -0.05) is 19.1 Å². The number of piperazine rings is 1. The van der Waals surface area contributed by atoms with Gasteiger partial charge >= 0.3 is 0 Å². The van der Waals surface area contributed by atoms with Crippen molar-refractivity contribution in [3.63, 3.8) is 0 Å². The molecule has 1 saturated heterocycles. The number of aryl methyl sites for hydroxylation is 1. The van der Waals surface area contributed by atoms with Crippen LogP contribution in [0, 0.1) is 0 Å². The number of carbonyl (C=O) groups is 2. The molecular formula is C25H27N3O3. The SMILES string of the molecule is CCN1CCN(CC2OC(c3ccc4c(c3)CCC4=O)=C(c3ccncc3)C2=O)CC1. The lowest BCUT2D eigenvalue weighted by Gasteiger charge is -2.34. The first-order valence-electron chi connectivity index (χ1n) is 11.1. The largest absolute Gasteiger partial charge is 0.479 e. The van der Waals surface area contributed by atoms with Crippen molar-refractivity contribution in [1.82, 2.24) is 14.8 Å². The number of hydrogen-bond acceptors (Lipinski definition) is 6. The number of rotatable bonds is 5. The lowest BCUT2D eigenvalue weighted by molar-refractivity contribution is -0.120. The molecule has 3 aliphatic rings. The number of hydrogen-bond donors (Lipinski definition) is 0. The summed E-state index contributed by atoms with van der Waals surface area (Å²) in [5.74, 6) is 0.837. The molecule has 1 unspecified atom stereocenters. The number of carbonyl (C=O) groups excluding carboxylic acids is 2. The van der Waals surface area contributed by atoms with Crippen LogP contribution < -0.4 is 0 Å². The molecule has 2 aromatic rings. The second-order valence-corrected chi connectivity index (χ2v) is 8.44. The van der Waals surface area contributed by atoms with E-state index in [2.05, 4.69) is 21.7 Å². The summed E-state index contributed by atoms with van der Waals surface area (Å²) >= 11 is 0. The Balaban J connectivity index is 1.45. The molecule has 1 aromatic heterocycles. The van der Waals surface area contributed by atoms with Crippen molar-refractivity contribution in [2.45, 2.75) is 25.9 Å². The summed E-state index contributed by atoms with van der Waals surface area (Å²) in [5, 5.41) is 0. The van der Waals surface area contributed by atoms with Gasteiger partial charge in [-0.05, 0) is 42.3 Å². The van der Waals surface area contributed by atoms with Gasteiger partial charge in [0, 0.05) is 62.7 Å². The van der Waals surface area contributed by atoms with E-state index >= 15 is 0 Å². The summed E-state index contributed by atoms with van der Waals surface area (Å²) < 4.78 is 6.34. The first-order valence-corrected chi connectivity index (χ1v) is 11.1. The topological polar surface area (TPSA) is 62.7 Å². The molecule has 1 atom stereocenters. The molecule has 5 rings (SSSR count). The van der Waals surface area contributed by atoms with Crippen LogP contribution in [-0.4, -0.2) is 71.7 Å². The minimum atomic E-state index is -0.513. The summed E-state index contributed by atoms with van der Waals surface area (Å²) in [7, 11) is 0. The molecule has 1 fully saturated rings. The summed E-state index contributed by atoms with van der Waals surface area (Å²) in [6, 6.07) is 9.52. The van der Waals surface area contributed by atoms with E-state index in [9.17, 15) is 9.59 Å². The van der Waals surface area contributed by atoms with Gasteiger partial charge in [-0.3, -0.25) is 19.5 Å². The van der Waals surface area contributed by atoms with Crippen LogP contribution in [0.15, 0.2) is 42.7 Å². The van der Waals surface area contributed by atoms with Gasteiger partial charge in [0.15, 0.2) is 11.9 Å². The fraction of sp³-hybridized carbons (Fsp3) is 0.400. The summed E-state index contributed by atoms with van der Waals surface area (Å²) in [6.07, 6.45) is 4.19. The van der Waals surface area contributed by atoms with Crippen LogP contribution in [0.5, 0.6) is 0 Å². The monoisotopic (exact) mass is 417 g/mol. The van der Waals surface area contributed by atoms with Gasteiger partial charge in [-0.25, -0.2) is 0 Å².